The van der Waals surface area contributed by atoms with Gasteiger partial charge in [0, 0.05) is 51.7 Å². The molecule has 0 atom stereocenters. The molecule has 1 aromatic heterocycles. The van der Waals surface area contributed by atoms with E-state index in [0.717, 1.165) is 37.2 Å². The molecule has 1 N–H and O–H groups in total. The van der Waals surface area contributed by atoms with Crippen LogP contribution in [0.5, 0.6) is 0 Å². The van der Waals surface area contributed by atoms with Crippen molar-refractivity contribution in [1.29, 1.82) is 0 Å². The number of aromatic nitrogens is 1. The van der Waals surface area contributed by atoms with Crippen molar-refractivity contribution in [3.8, 4) is 0 Å². The first-order valence-electron chi connectivity index (χ1n) is 10.2. The van der Waals surface area contributed by atoms with E-state index < -0.39 is 10.0 Å². The highest BCUT2D eigenvalue weighted by Gasteiger charge is 2.29. The van der Waals surface area contributed by atoms with Crippen molar-refractivity contribution in [3.05, 3.63) is 47.8 Å². The number of carbonyl (C=O) groups is 1. The maximum atomic E-state index is 12.8. The van der Waals surface area contributed by atoms with Gasteiger partial charge in [0.15, 0.2) is 0 Å². The van der Waals surface area contributed by atoms with E-state index in [1.54, 1.807) is 11.6 Å². The first-order valence-corrected chi connectivity index (χ1v) is 11.7. The largest absolute Gasteiger partial charge is 0.371 e. The zero-order valence-corrected chi connectivity index (χ0v) is 17.6. The van der Waals surface area contributed by atoms with Crippen LogP contribution in [0.25, 0.3) is 0 Å². The lowest BCUT2D eigenvalue weighted by Gasteiger charge is -2.21. The van der Waals surface area contributed by atoms with Gasteiger partial charge < -0.3 is 14.8 Å². The van der Waals surface area contributed by atoms with Crippen molar-refractivity contribution in [2.45, 2.75) is 37.1 Å². The number of hydrogen-bond donors (Lipinski definition) is 1. The molecule has 7 nitrogen and oxygen atoms in total. The van der Waals surface area contributed by atoms with Crippen LogP contribution in [-0.2, 0) is 23.6 Å². The molecule has 0 unspecified atom stereocenters. The maximum Gasteiger partial charge on any atom is 0.268 e. The van der Waals surface area contributed by atoms with Gasteiger partial charge in [-0.3, -0.25) is 4.79 Å². The van der Waals surface area contributed by atoms with Crippen molar-refractivity contribution in [3.63, 3.8) is 0 Å². The molecule has 1 aromatic carbocycles. The van der Waals surface area contributed by atoms with Crippen LogP contribution >= 0.6 is 0 Å². The van der Waals surface area contributed by atoms with Gasteiger partial charge in [-0.15, -0.1) is 0 Å². The fourth-order valence-corrected chi connectivity index (χ4v) is 5.76. The van der Waals surface area contributed by atoms with Crippen LogP contribution in [0.2, 0.25) is 0 Å². The summed E-state index contributed by atoms with van der Waals surface area (Å²) in [7, 11) is -1.83. The zero-order chi connectivity index (χ0) is 20.4. The van der Waals surface area contributed by atoms with Gasteiger partial charge in [-0.1, -0.05) is 18.2 Å². The summed E-state index contributed by atoms with van der Waals surface area (Å²) in [4.78, 5) is 15.3. The maximum absolute atomic E-state index is 12.8. The highest BCUT2D eigenvalue weighted by molar-refractivity contribution is 7.89. The average molecular weight is 417 g/mol. The van der Waals surface area contributed by atoms with E-state index in [-0.39, 0.29) is 10.8 Å². The van der Waals surface area contributed by atoms with Crippen molar-refractivity contribution < 1.29 is 13.2 Å². The number of sulfonamides is 1. The predicted molar refractivity (Wildman–Crippen MR) is 112 cm³/mol. The SMILES string of the molecule is Cn1cc(S(=O)(=O)N2CCCC2)cc1C(=O)NCc1ccccc1N1CCCC1. The van der Waals surface area contributed by atoms with Crippen molar-refractivity contribution in [1.82, 2.24) is 14.2 Å². The Hall–Kier alpha value is -2.32. The van der Waals surface area contributed by atoms with Crippen molar-refractivity contribution in [2.75, 3.05) is 31.1 Å². The highest BCUT2D eigenvalue weighted by Crippen LogP contribution is 2.25. The second-order valence-electron chi connectivity index (χ2n) is 7.79. The first kappa shape index (κ1) is 20.0. The van der Waals surface area contributed by atoms with E-state index in [9.17, 15) is 13.2 Å². The van der Waals surface area contributed by atoms with E-state index in [4.69, 9.17) is 0 Å². The Morgan fingerprint density at radius 2 is 1.69 bits per heavy atom. The molecule has 2 aliphatic heterocycles. The molecule has 2 fully saturated rings. The highest BCUT2D eigenvalue weighted by atomic mass is 32.2. The smallest absolute Gasteiger partial charge is 0.268 e. The summed E-state index contributed by atoms with van der Waals surface area (Å²) in [5.41, 5.74) is 2.58. The molecule has 0 bridgehead atoms. The summed E-state index contributed by atoms with van der Waals surface area (Å²) in [6.07, 6.45) is 5.68. The number of para-hydroxylation sites is 1. The van der Waals surface area contributed by atoms with Gasteiger partial charge in [0.2, 0.25) is 10.0 Å². The number of nitrogens with zero attached hydrogens (tertiary/aromatic N) is 3. The lowest BCUT2D eigenvalue weighted by molar-refractivity contribution is 0.0943. The Morgan fingerprint density at radius 3 is 2.41 bits per heavy atom. The Balaban J connectivity index is 1.48. The normalized spacial score (nSPS) is 17.8. The number of hydrogen-bond acceptors (Lipinski definition) is 4. The van der Waals surface area contributed by atoms with E-state index in [1.165, 1.54) is 29.4 Å². The summed E-state index contributed by atoms with van der Waals surface area (Å²) >= 11 is 0. The van der Waals surface area contributed by atoms with Gasteiger partial charge in [0.05, 0.1) is 0 Å². The van der Waals surface area contributed by atoms with Crippen LogP contribution in [0.4, 0.5) is 5.69 Å². The number of anilines is 1. The molecule has 0 saturated carbocycles. The van der Waals surface area contributed by atoms with Gasteiger partial charge in [0.1, 0.15) is 10.6 Å². The van der Waals surface area contributed by atoms with Crippen LogP contribution in [0.3, 0.4) is 0 Å². The minimum absolute atomic E-state index is 0.185. The summed E-state index contributed by atoms with van der Waals surface area (Å²) in [5, 5.41) is 2.96. The molecule has 2 aliphatic rings. The number of amides is 1. The molecular weight excluding hydrogens is 388 g/mol. The third kappa shape index (κ3) is 4.04. The fourth-order valence-electron chi connectivity index (χ4n) is 4.17. The molecule has 156 valence electrons. The van der Waals surface area contributed by atoms with Crippen LogP contribution in [0, 0.1) is 0 Å². The quantitative estimate of drug-likeness (QED) is 0.784. The van der Waals surface area contributed by atoms with Crippen molar-refractivity contribution >= 4 is 21.6 Å². The summed E-state index contributed by atoms with van der Waals surface area (Å²) in [6.45, 7) is 3.59. The molecule has 0 aliphatic carbocycles. The lowest BCUT2D eigenvalue weighted by Crippen LogP contribution is -2.27. The molecule has 2 aromatic rings. The van der Waals surface area contributed by atoms with E-state index in [1.807, 2.05) is 18.2 Å². The average Bonchev–Trinajstić information content (AvgIpc) is 3.47. The molecule has 0 spiro atoms. The van der Waals surface area contributed by atoms with Gasteiger partial charge >= 0.3 is 0 Å². The lowest BCUT2D eigenvalue weighted by atomic mass is 10.1. The Labute approximate surface area is 172 Å². The number of benzene rings is 1. The monoisotopic (exact) mass is 416 g/mol. The van der Waals surface area contributed by atoms with Gasteiger partial charge in [-0.2, -0.15) is 4.31 Å². The third-order valence-electron chi connectivity index (χ3n) is 5.79. The van der Waals surface area contributed by atoms with Gasteiger partial charge in [0.25, 0.3) is 5.91 Å². The summed E-state index contributed by atoms with van der Waals surface area (Å²) in [5.74, 6) is -0.272. The zero-order valence-electron chi connectivity index (χ0n) is 16.8. The minimum Gasteiger partial charge on any atom is -0.371 e. The van der Waals surface area contributed by atoms with Crippen molar-refractivity contribution in [2.24, 2.45) is 7.05 Å². The first-order chi connectivity index (χ1) is 14.0. The predicted octanol–water partition coefficient (Wildman–Crippen LogP) is 2.34. The summed E-state index contributed by atoms with van der Waals surface area (Å²) < 4.78 is 28.6. The second-order valence-corrected chi connectivity index (χ2v) is 9.73. The van der Waals surface area contributed by atoms with E-state index in [2.05, 4.69) is 16.3 Å². The number of carbonyl (C=O) groups excluding carboxylic acids is 1. The second kappa shape index (κ2) is 8.20. The molecule has 8 heteroatoms. The molecule has 1 amide bonds. The standard InChI is InChI=1S/C21H28N4O3S/c1-23-16-18(29(27,28)25-12-6-7-13-25)14-20(23)21(26)22-15-17-8-2-3-9-19(17)24-10-4-5-11-24/h2-3,8-9,14,16H,4-7,10-13,15H2,1H3,(H,22,26). The molecule has 0 radical (unpaired) electrons. The topological polar surface area (TPSA) is 74.6 Å². The Morgan fingerprint density at radius 1 is 1.03 bits per heavy atom. The van der Waals surface area contributed by atoms with Crippen LogP contribution in [-0.4, -0.2) is 49.4 Å². The molecule has 2 saturated heterocycles. The number of aryl methyl sites for hydroxylation is 1. The Kier molecular flexibility index (Phi) is 5.65. The third-order valence-corrected chi connectivity index (χ3v) is 7.66. The molecule has 3 heterocycles. The number of nitrogens with one attached hydrogen (secondary N) is 1. The van der Waals surface area contributed by atoms with Crippen LogP contribution in [0.15, 0.2) is 41.4 Å². The van der Waals surface area contributed by atoms with E-state index >= 15 is 0 Å². The molecular formula is C21H28N4O3S. The van der Waals surface area contributed by atoms with Crippen LogP contribution in [0.1, 0.15) is 41.7 Å². The fraction of sp³-hybridized carbons (Fsp3) is 0.476. The summed E-state index contributed by atoms with van der Waals surface area (Å²) in [6, 6.07) is 9.60. The van der Waals surface area contributed by atoms with Crippen LogP contribution < -0.4 is 10.2 Å². The van der Waals surface area contributed by atoms with Gasteiger partial charge in [-0.25, -0.2) is 8.42 Å². The van der Waals surface area contributed by atoms with Gasteiger partial charge in [-0.05, 0) is 43.4 Å². The minimum atomic E-state index is -3.53. The molecule has 4 rings (SSSR count). The Bertz CT molecular complexity index is 987. The van der Waals surface area contributed by atoms with E-state index in [0.29, 0.717) is 25.3 Å². The molecule has 29 heavy (non-hydrogen) atoms. The number of rotatable bonds is 6.